The van der Waals surface area contributed by atoms with Crippen molar-refractivity contribution >= 4 is 0 Å². The molecule has 0 saturated heterocycles. The quantitative estimate of drug-likeness (QED) is 0.741. The maximum atomic E-state index is 8.80. The molecule has 82 valence electrons. The van der Waals surface area contributed by atoms with E-state index >= 15 is 0 Å². The van der Waals surface area contributed by atoms with Gasteiger partial charge in [-0.3, -0.25) is 0 Å². The van der Waals surface area contributed by atoms with Crippen LogP contribution in [0.1, 0.15) is 11.3 Å². The molecule has 1 aromatic carbocycles. The van der Waals surface area contributed by atoms with Crippen molar-refractivity contribution in [2.45, 2.75) is 6.42 Å². The first-order valence-electron chi connectivity index (χ1n) is 5.36. The highest BCUT2D eigenvalue weighted by molar-refractivity contribution is 5.59. The van der Waals surface area contributed by atoms with Crippen molar-refractivity contribution in [3.63, 3.8) is 0 Å². The zero-order chi connectivity index (χ0) is 11.7. The van der Waals surface area contributed by atoms with E-state index in [1.807, 2.05) is 24.3 Å². The van der Waals surface area contributed by atoms with Crippen molar-refractivity contribution in [3.8, 4) is 23.2 Å². The summed E-state index contributed by atoms with van der Waals surface area (Å²) in [7, 11) is 0. The number of nitriles is 1. The molecule has 4 heteroatoms. The van der Waals surface area contributed by atoms with Crippen molar-refractivity contribution in [2.75, 3.05) is 6.61 Å². The fraction of sp³-hybridized carbons (Fsp3) is 0.154. The van der Waals surface area contributed by atoms with E-state index in [2.05, 4.69) is 9.97 Å². The van der Waals surface area contributed by atoms with Crippen molar-refractivity contribution in [2.24, 2.45) is 0 Å². The maximum absolute atomic E-state index is 8.80. The van der Waals surface area contributed by atoms with Gasteiger partial charge in [-0.1, -0.05) is 0 Å². The van der Waals surface area contributed by atoms with Gasteiger partial charge in [-0.05, 0) is 29.8 Å². The van der Waals surface area contributed by atoms with Gasteiger partial charge in [-0.25, -0.2) is 9.97 Å². The highest BCUT2D eigenvalue weighted by atomic mass is 16.5. The molecule has 4 nitrogen and oxygen atoms in total. The Hall–Kier alpha value is -2.41. The normalized spacial score (nSPS) is 12.6. The lowest BCUT2D eigenvalue weighted by atomic mass is 10.1. The van der Waals surface area contributed by atoms with Gasteiger partial charge in [0, 0.05) is 18.2 Å². The largest absolute Gasteiger partial charge is 0.493 e. The zero-order valence-electron chi connectivity index (χ0n) is 9.05. The topological polar surface area (TPSA) is 58.8 Å². The first kappa shape index (κ1) is 9.79. The number of hydrogen-bond acceptors (Lipinski definition) is 4. The minimum absolute atomic E-state index is 0.381. The summed E-state index contributed by atoms with van der Waals surface area (Å²) in [6.45, 7) is 0.734. The number of benzene rings is 1. The van der Waals surface area contributed by atoms with Crippen LogP contribution in [0, 0.1) is 11.3 Å². The predicted octanol–water partition coefficient (Wildman–Crippen LogP) is 1.95. The Bertz CT molecular complexity index is 616. The molecule has 0 N–H and O–H groups in total. The molecule has 17 heavy (non-hydrogen) atoms. The van der Waals surface area contributed by atoms with Gasteiger partial charge in [-0.2, -0.15) is 5.26 Å². The summed E-state index contributed by atoms with van der Waals surface area (Å²) in [6, 6.07) is 9.49. The molecular weight excluding hydrogens is 214 g/mol. The first-order chi connectivity index (χ1) is 8.36. The number of nitrogens with zero attached hydrogens (tertiary/aromatic N) is 3. The van der Waals surface area contributed by atoms with Crippen molar-refractivity contribution < 1.29 is 4.74 Å². The monoisotopic (exact) mass is 223 g/mol. The second-order valence-corrected chi connectivity index (χ2v) is 3.80. The molecule has 0 saturated carbocycles. The third-order valence-corrected chi connectivity index (χ3v) is 2.72. The number of fused-ring (bicyclic) bond motifs is 1. The number of ether oxygens (including phenoxy) is 1. The van der Waals surface area contributed by atoms with Gasteiger partial charge in [0.05, 0.1) is 6.61 Å². The van der Waals surface area contributed by atoms with Gasteiger partial charge in [-0.15, -0.1) is 0 Å². The van der Waals surface area contributed by atoms with E-state index in [1.165, 1.54) is 5.56 Å². The van der Waals surface area contributed by atoms with Crippen LogP contribution in [0.4, 0.5) is 0 Å². The molecule has 0 aliphatic carbocycles. The number of hydrogen-bond donors (Lipinski definition) is 0. The van der Waals surface area contributed by atoms with Crippen LogP contribution in [0.3, 0.4) is 0 Å². The Morgan fingerprint density at radius 3 is 3.12 bits per heavy atom. The Kier molecular flexibility index (Phi) is 2.23. The summed E-state index contributed by atoms with van der Waals surface area (Å²) in [6.07, 6.45) is 2.52. The molecule has 0 radical (unpaired) electrons. The molecule has 1 aliphatic rings. The average Bonchev–Trinajstić information content (AvgIpc) is 2.86. The standard InChI is InChI=1S/C13H9N3O/c14-8-11-3-5-15-13(16-11)10-1-2-12-9(7-10)4-6-17-12/h1-3,5,7H,4,6H2. The van der Waals surface area contributed by atoms with Gasteiger partial charge in [0.2, 0.25) is 0 Å². The molecule has 2 heterocycles. The molecule has 0 bridgehead atoms. The molecule has 0 atom stereocenters. The molecule has 3 rings (SSSR count). The summed E-state index contributed by atoms with van der Waals surface area (Å²) < 4.78 is 5.44. The molecular formula is C13H9N3O. The SMILES string of the molecule is N#Cc1ccnc(-c2ccc3c(c2)CCO3)n1. The minimum Gasteiger partial charge on any atom is -0.493 e. The predicted molar refractivity (Wildman–Crippen MR) is 61.4 cm³/mol. The van der Waals surface area contributed by atoms with Crippen LogP contribution < -0.4 is 4.74 Å². The highest BCUT2D eigenvalue weighted by Gasteiger charge is 2.13. The lowest BCUT2D eigenvalue weighted by Gasteiger charge is -2.02. The fourth-order valence-electron chi connectivity index (χ4n) is 1.89. The van der Waals surface area contributed by atoms with Crippen LogP contribution >= 0.6 is 0 Å². The molecule has 0 unspecified atom stereocenters. The fourth-order valence-corrected chi connectivity index (χ4v) is 1.89. The molecule has 2 aromatic rings. The second kappa shape index (κ2) is 3.87. The molecule has 0 fully saturated rings. The summed E-state index contributed by atoms with van der Waals surface area (Å²) in [5.74, 6) is 1.52. The third kappa shape index (κ3) is 1.72. The highest BCUT2D eigenvalue weighted by Crippen LogP contribution is 2.28. The molecule has 1 aliphatic heterocycles. The van der Waals surface area contributed by atoms with E-state index in [9.17, 15) is 0 Å². The summed E-state index contributed by atoms with van der Waals surface area (Å²) in [4.78, 5) is 8.35. The first-order valence-corrected chi connectivity index (χ1v) is 5.36. The van der Waals surface area contributed by atoms with E-state index in [0.29, 0.717) is 11.5 Å². The summed E-state index contributed by atoms with van der Waals surface area (Å²) in [5.41, 5.74) is 2.48. The van der Waals surface area contributed by atoms with Crippen LogP contribution in [0.25, 0.3) is 11.4 Å². The van der Waals surface area contributed by atoms with Crippen LogP contribution in [0.5, 0.6) is 5.75 Å². The summed E-state index contributed by atoms with van der Waals surface area (Å²) in [5, 5.41) is 8.80. The lowest BCUT2D eigenvalue weighted by Crippen LogP contribution is -1.91. The number of aromatic nitrogens is 2. The van der Waals surface area contributed by atoms with Gasteiger partial charge in [0.25, 0.3) is 0 Å². The van der Waals surface area contributed by atoms with Gasteiger partial charge in [0.15, 0.2) is 5.82 Å². The van der Waals surface area contributed by atoms with E-state index < -0.39 is 0 Å². The second-order valence-electron chi connectivity index (χ2n) is 3.80. The third-order valence-electron chi connectivity index (χ3n) is 2.72. The Morgan fingerprint density at radius 2 is 2.24 bits per heavy atom. The Balaban J connectivity index is 2.07. The Labute approximate surface area is 98.5 Å². The molecule has 1 aromatic heterocycles. The van der Waals surface area contributed by atoms with Gasteiger partial charge < -0.3 is 4.74 Å². The van der Waals surface area contributed by atoms with E-state index in [4.69, 9.17) is 10.00 Å². The average molecular weight is 223 g/mol. The molecule has 0 spiro atoms. The summed E-state index contributed by atoms with van der Waals surface area (Å²) >= 11 is 0. The van der Waals surface area contributed by atoms with E-state index in [-0.39, 0.29) is 0 Å². The van der Waals surface area contributed by atoms with Crippen molar-refractivity contribution in [1.82, 2.24) is 9.97 Å². The smallest absolute Gasteiger partial charge is 0.160 e. The van der Waals surface area contributed by atoms with Crippen LogP contribution in [-0.2, 0) is 6.42 Å². The van der Waals surface area contributed by atoms with Gasteiger partial charge in [0.1, 0.15) is 17.5 Å². The molecule has 0 amide bonds. The van der Waals surface area contributed by atoms with Crippen molar-refractivity contribution in [1.29, 1.82) is 5.26 Å². The van der Waals surface area contributed by atoms with E-state index in [0.717, 1.165) is 24.3 Å². The number of rotatable bonds is 1. The van der Waals surface area contributed by atoms with Crippen LogP contribution in [-0.4, -0.2) is 16.6 Å². The van der Waals surface area contributed by atoms with Crippen LogP contribution in [0.2, 0.25) is 0 Å². The Morgan fingerprint density at radius 1 is 1.29 bits per heavy atom. The zero-order valence-corrected chi connectivity index (χ0v) is 9.05. The maximum Gasteiger partial charge on any atom is 0.160 e. The van der Waals surface area contributed by atoms with Crippen LogP contribution in [0.15, 0.2) is 30.5 Å². The lowest BCUT2D eigenvalue weighted by molar-refractivity contribution is 0.357. The van der Waals surface area contributed by atoms with Crippen molar-refractivity contribution in [3.05, 3.63) is 41.7 Å². The van der Waals surface area contributed by atoms with Gasteiger partial charge >= 0.3 is 0 Å². The van der Waals surface area contributed by atoms with E-state index in [1.54, 1.807) is 12.3 Å². The minimum atomic E-state index is 0.381.